The predicted octanol–water partition coefficient (Wildman–Crippen LogP) is 3.10. The number of hydrogen-bond donors (Lipinski definition) is 1. The first-order chi connectivity index (χ1) is 9.25. The second kappa shape index (κ2) is 5.25. The molecule has 2 heterocycles. The Balaban J connectivity index is 1.75. The van der Waals surface area contributed by atoms with Crippen molar-refractivity contribution in [3.63, 3.8) is 0 Å². The van der Waals surface area contributed by atoms with Crippen LogP contribution in [0.25, 0.3) is 10.9 Å². The topological polar surface area (TPSA) is 34.2 Å². The molecule has 102 valence electrons. The molecule has 1 fully saturated rings. The molecule has 2 aromatic rings. The van der Waals surface area contributed by atoms with Crippen molar-refractivity contribution in [2.45, 2.75) is 38.3 Å². The first-order valence-corrected chi connectivity index (χ1v) is 7.29. The molecule has 2 N–H and O–H groups in total. The molecule has 3 nitrogen and oxygen atoms in total. The van der Waals surface area contributed by atoms with Gasteiger partial charge in [-0.1, -0.05) is 18.6 Å². The summed E-state index contributed by atoms with van der Waals surface area (Å²) in [5.41, 5.74) is 8.19. The van der Waals surface area contributed by atoms with Gasteiger partial charge in [0.2, 0.25) is 0 Å². The Kier molecular flexibility index (Phi) is 3.47. The summed E-state index contributed by atoms with van der Waals surface area (Å²) in [7, 11) is 2.26. The highest BCUT2D eigenvalue weighted by Crippen LogP contribution is 2.24. The lowest BCUT2D eigenvalue weighted by Crippen LogP contribution is -2.36. The molecule has 19 heavy (non-hydrogen) atoms. The molecule has 0 bridgehead atoms. The molecular formula is C16H23N3. The van der Waals surface area contributed by atoms with Crippen molar-refractivity contribution in [1.82, 2.24) is 9.47 Å². The quantitative estimate of drug-likeness (QED) is 0.857. The van der Waals surface area contributed by atoms with Crippen LogP contribution in [0.5, 0.6) is 0 Å². The van der Waals surface area contributed by atoms with Gasteiger partial charge in [-0.3, -0.25) is 0 Å². The Bertz CT molecular complexity index is 558. The molecular weight excluding hydrogens is 234 g/mol. The van der Waals surface area contributed by atoms with Gasteiger partial charge in [0.05, 0.1) is 11.2 Å². The molecule has 0 saturated carbocycles. The van der Waals surface area contributed by atoms with E-state index in [2.05, 4.69) is 34.8 Å². The fourth-order valence-electron chi connectivity index (χ4n) is 3.27. The lowest BCUT2D eigenvalue weighted by molar-refractivity contribution is 0.171. The van der Waals surface area contributed by atoms with Gasteiger partial charge in [0.15, 0.2) is 0 Å². The minimum Gasteiger partial charge on any atom is -0.397 e. The summed E-state index contributed by atoms with van der Waals surface area (Å²) in [5.74, 6) is 0. The summed E-state index contributed by atoms with van der Waals surface area (Å²) in [4.78, 5) is 2.51. The Hall–Kier alpha value is -1.48. The van der Waals surface area contributed by atoms with E-state index in [-0.39, 0.29) is 0 Å². The fraction of sp³-hybridized carbons (Fsp3) is 0.500. The van der Waals surface area contributed by atoms with E-state index < -0.39 is 0 Å². The first-order valence-electron chi connectivity index (χ1n) is 7.29. The smallest absolute Gasteiger partial charge is 0.0713 e. The third-order valence-corrected chi connectivity index (χ3v) is 4.44. The number of nitrogen functional groups attached to an aromatic ring is 1. The van der Waals surface area contributed by atoms with Crippen molar-refractivity contribution in [2.24, 2.45) is 0 Å². The minimum absolute atomic E-state index is 0.733. The number of aromatic nitrogens is 1. The maximum absolute atomic E-state index is 6.11. The Morgan fingerprint density at radius 2 is 2.16 bits per heavy atom. The van der Waals surface area contributed by atoms with Crippen LogP contribution in [0.2, 0.25) is 0 Å². The SMILES string of the molecule is CN1CCCCC1CCn1ccc2cccc(N)c21. The maximum atomic E-state index is 6.11. The maximum Gasteiger partial charge on any atom is 0.0713 e. The van der Waals surface area contributed by atoms with Gasteiger partial charge in [0, 0.05) is 24.2 Å². The van der Waals surface area contributed by atoms with E-state index >= 15 is 0 Å². The van der Waals surface area contributed by atoms with Gasteiger partial charge >= 0.3 is 0 Å². The molecule has 1 saturated heterocycles. The second-order valence-electron chi connectivity index (χ2n) is 5.71. The molecule has 1 aromatic heterocycles. The van der Waals surface area contributed by atoms with Crippen LogP contribution in [0, 0.1) is 0 Å². The third-order valence-electron chi connectivity index (χ3n) is 4.44. The molecule has 1 atom stereocenters. The van der Waals surface area contributed by atoms with Crippen LogP contribution in [-0.4, -0.2) is 29.1 Å². The lowest BCUT2D eigenvalue weighted by atomic mass is 10.0. The van der Waals surface area contributed by atoms with E-state index in [1.165, 1.54) is 43.1 Å². The van der Waals surface area contributed by atoms with Crippen LogP contribution in [0.4, 0.5) is 5.69 Å². The van der Waals surface area contributed by atoms with Gasteiger partial charge in [-0.05, 0) is 45.0 Å². The highest BCUT2D eigenvalue weighted by Gasteiger charge is 2.18. The number of hydrogen-bond acceptors (Lipinski definition) is 2. The summed E-state index contributed by atoms with van der Waals surface area (Å²) in [6, 6.07) is 9.05. The van der Waals surface area contributed by atoms with Crippen LogP contribution in [-0.2, 0) is 6.54 Å². The van der Waals surface area contributed by atoms with Crippen molar-refractivity contribution in [1.29, 1.82) is 0 Å². The van der Waals surface area contributed by atoms with E-state index in [0.29, 0.717) is 0 Å². The monoisotopic (exact) mass is 257 g/mol. The van der Waals surface area contributed by atoms with E-state index in [1.54, 1.807) is 0 Å². The predicted molar refractivity (Wildman–Crippen MR) is 81.2 cm³/mol. The zero-order chi connectivity index (χ0) is 13.2. The molecule has 0 aliphatic carbocycles. The van der Waals surface area contributed by atoms with Crippen molar-refractivity contribution in [3.05, 3.63) is 30.5 Å². The van der Waals surface area contributed by atoms with Crippen LogP contribution >= 0.6 is 0 Å². The van der Waals surface area contributed by atoms with Gasteiger partial charge in [-0.15, -0.1) is 0 Å². The average molecular weight is 257 g/mol. The van der Waals surface area contributed by atoms with Gasteiger partial charge < -0.3 is 15.2 Å². The van der Waals surface area contributed by atoms with E-state index in [9.17, 15) is 0 Å². The lowest BCUT2D eigenvalue weighted by Gasteiger charge is -2.32. The number of aryl methyl sites for hydroxylation is 1. The number of anilines is 1. The molecule has 1 aromatic carbocycles. The Morgan fingerprint density at radius 1 is 1.26 bits per heavy atom. The fourth-order valence-corrected chi connectivity index (χ4v) is 3.27. The number of piperidine rings is 1. The normalized spacial score (nSPS) is 21.0. The minimum atomic E-state index is 0.733. The van der Waals surface area contributed by atoms with Crippen LogP contribution in [0.15, 0.2) is 30.5 Å². The van der Waals surface area contributed by atoms with Gasteiger partial charge in [0.25, 0.3) is 0 Å². The van der Waals surface area contributed by atoms with Crippen molar-refractivity contribution in [2.75, 3.05) is 19.3 Å². The van der Waals surface area contributed by atoms with Gasteiger partial charge in [-0.25, -0.2) is 0 Å². The number of rotatable bonds is 3. The van der Waals surface area contributed by atoms with E-state index in [4.69, 9.17) is 5.73 Å². The summed E-state index contributed by atoms with van der Waals surface area (Å²) in [5, 5.41) is 1.25. The number of fused-ring (bicyclic) bond motifs is 1. The molecule has 1 aliphatic heterocycles. The highest BCUT2D eigenvalue weighted by atomic mass is 15.1. The number of nitrogens with zero attached hydrogens (tertiary/aromatic N) is 2. The molecule has 0 spiro atoms. The summed E-state index contributed by atoms with van der Waals surface area (Å²) < 4.78 is 2.31. The van der Waals surface area contributed by atoms with Crippen LogP contribution in [0.3, 0.4) is 0 Å². The molecule has 3 rings (SSSR count). The molecule has 1 unspecified atom stereocenters. The average Bonchev–Trinajstić information content (AvgIpc) is 2.83. The number of benzene rings is 1. The van der Waals surface area contributed by atoms with Gasteiger partial charge in [-0.2, -0.15) is 0 Å². The van der Waals surface area contributed by atoms with Crippen LogP contribution in [0.1, 0.15) is 25.7 Å². The second-order valence-corrected chi connectivity index (χ2v) is 5.71. The highest BCUT2D eigenvalue weighted by molar-refractivity contribution is 5.90. The zero-order valence-corrected chi connectivity index (χ0v) is 11.7. The zero-order valence-electron chi connectivity index (χ0n) is 11.7. The number of nitrogens with two attached hydrogens (primary N) is 1. The first kappa shape index (κ1) is 12.5. The largest absolute Gasteiger partial charge is 0.397 e. The van der Waals surface area contributed by atoms with E-state index in [0.717, 1.165) is 18.3 Å². The molecule has 3 heteroatoms. The Labute approximate surface area is 115 Å². The van der Waals surface area contributed by atoms with E-state index in [1.807, 2.05) is 12.1 Å². The van der Waals surface area contributed by atoms with Crippen molar-refractivity contribution < 1.29 is 0 Å². The summed E-state index contributed by atoms with van der Waals surface area (Å²) in [6.45, 7) is 2.31. The van der Waals surface area contributed by atoms with Crippen molar-refractivity contribution in [3.8, 4) is 0 Å². The summed E-state index contributed by atoms with van der Waals surface area (Å²) in [6.07, 6.45) is 7.46. The molecule has 0 amide bonds. The number of likely N-dealkylation sites (tertiary alicyclic amines) is 1. The van der Waals surface area contributed by atoms with Gasteiger partial charge in [0.1, 0.15) is 0 Å². The third kappa shape index (κ3) is 2.47. The number of para-hydroxylation sites is 1. The summed E-state index contributed by atoms with van der Waals surface area (Å²) >= 11 is 0. The molecule has 0 radical (unpaired) electrons. The van der Waals surface area contributed by atoms with Crippen LogP contribution < -0.4 is 5.73 Å². The standard InChI is InChI=1S/C16H23N3/c1-18-10-3-2-6-14(18)9-12-19-11-8-13-5-4-7-15(17)16(13)19/h4-5,7-8,11,14H,2-3,6,9-10,12,17H2,1H3. The molecule has 1 aliphatic rings. The van der Waals surface area contributed by atoms with Crippen molar-refractivity contribution >= 4 is 16.6 Å². The Morgan fingerprint density at radius 3 is 3.00 bits per heavy atom.